The summed E-state index contributed by atoms with van der Waals surface area (Å²) in [6.07, 6.45) is 3.18. The molecule has 1 saturated carbocycles. The molecule has 1 saturated heterocycles. The topological polar surface area (TPSA) is 74.3 Å². The molecule has 0 aromatic heterocycles. The van der Waals surface area contributed by atoms with Gasteiger partial charge in [-0.05, 0) is 82.6 Å². The van der Waals surface area contributed by atoms with E-state index in [1.165, 1.54) is 30.9 Å². The van der Waals surface area contributed by atoms with Crippen LogP contribution in [0.3, 0.4) is 0 Å². The minimum atomic E-state index is -1.88. The van der Waals surface area contributed by atoms with Crippen LogP contribution in [-0.2, 0) is 18.8 Å². The molecule has 2 fully saturated rings. The zero-order chi connectivity index (χ0) is 27.6. The van der Waals surface area contributed by atoms with E-state index in [2.05, 4.69) is 0 Å². The number of esters is 1. The van der Waals surface area contributed by atoms with Crippen molar-refractivity contribution in [3.63, 3.8) is 0 Å². The number of allylic oxidation sites excluding steroid dienone is 2. The minimum absolute atomic E-state index is 0.0668. The molecular formula is C28H34BF2NO6. The molecule has 0 bridgehead atoms. The predicted molar refractivity (Wildman–Crippen MR) is 137 cm³/mol. The summed E-state index contributed by atoms with van der Waals surface area (Å²) in [5, 5.41) is 0. The van der Waals surface area contributed by atoms with Gasteiger partial charge in [0.25, 0.3) is 5.91 Å². The van der Waals surface area contributed by atoms with Gasteiger partial charge in [-0.1, -0.05) is 0 Å². The van der Waals surface area contributed by atoms with Crippen LogP contribution in [0.25, 0.3) is 0 Å². The molecule has 0 radical (unpaired) electrons. The largest absolute Gasteiger partial charge is 0.495 e. The van der Waals surface area contributed by atoms with Crippen molar-refractivity contribution in [2.75, 3.05) is 19.8 Å². The first kappa shape index (κ1) is 26.9. The molecule has 10 heteroatoms. The number of carbonyl (C=O) groups is 2. The Bertz CT molecular complexity index is 1230. The molecule has 5 rings (SSSR count). The number of ether oxygens (including phenoxy) is 2. The predicted octanol–water partition coefficient (Wildman–Crippen LogP) is 5.04. The highest BCUT2D eigenvalue weighted by Crippen LogP contribution is 2.46. The van der Waals surface area contributed by atoms with Crippen molar-refractivity contribution >= 4 is 19.0 Å². The van der Waals surface area contributed by atoms with Crippen LogP contribution in [0.1, 0.15) is 82.6 Å². The molecule has 204 valence electrons. The summed E-state index contributed by atoms with van der Waals surface area (Å²) in [6, 6.07) is 3.13. The van der Waals surface area contributed by atoms with Crippen LogP contribution in [0.2, 0.25) is 0 Å². The lowest BCUT2D eigenvalue weighted by atomic mass is 9.68. The number of amides is 1. The Morgan fingerprint density at radius 1 is 1.16 bits per heavy atom. The van der Waals surface area contributed by atoms with E-state index >= 15 is 8.78 Å². The maximum atomic E-state index is 15.9. The van der Waals surface area contributed by atoms with E-state index in [0.29, 0.717) is 11.0 Å². The molecular weight excluding hydrogens is 495 g/mol. The quantitative estimate of drug-likeness (QED) is 0.393. The molecule has 1 atom stereocenters. The summed E-state index contributed by atoms with van der Waals surface area (Å²) < 4.78 is 54.9. The Morgan fingerprint density at radius 3 is 2.42 bits per heavy atom. The Morgan fingerprint density at radius 2 is 1.82 bits per heavy atom. The van der Waals surface area contributed by atoms with Gasteiger partial charge in [0.1, 0.15) is 36.0 Å². The summed E-state index contributed by atoms with van der Waals surface area (Å²) in [5.41, 5.74) is -1.62. The maximum absolute atomic E-state index is 15.9. The van der Waals surface area contributed by atoms with E-state index in [1.807, 2.05) is 27.7 Å². The van der Waals surface area contributed by atoms with E-state index < -0.39 is 41.7 Å². The van der Waals surface area contributed by atoms with Crippen molar-refractivity contribution in [3.05, 3.63) is 51.9 Å². The normalized spacial score (nSPS) is 26.5. The van der Waals surface area contributed by atoms with E-state index in [1.54, 1.807) is 6.07 Å². The van der Waals surface area contributed by atoms with Crippen LogP contribution < -0.4 is 4.74 Å². The number of fused-ring (bicyclic) bond motifs is 1. The number of hydrogen-bond acceptors (Lipinski definition) is 6. The molecule has 1 aromatic rings. The molecule has 0 spiro atoms. The van der Waals surface area contributed by atoms with Gasteiger partial charge in [-0.25, -0.2) is 8.78 Å². The number of alkyl halides is 1. The highest BCUT2D eigenvalue weighted by molar-refractivity contribution is 6.56. The third-order valence-electron chi connectivity index (χ3n) is 8.08. The highest BCUT2D eigenvalue weighted by atomic mass is 19.1. The zero-order valence-electron chi connectivity index (χ0n) is 22.8. The van der Waals surface area contributed by atoms with Gasteiger partial charge in [0.15, 0.2) is 0 Å². The van der Waals surface area contributed by atoms with Crippen LogP contribution in [0.4, 0.5) is 8.78 Å². The Labute approximate surface area is 222 Å². The van der Waals surface area contributed by atoms with Gasteiger partial charge in [-0.3, -0.25) is 9.59 Å². The van der Waals surface area contributed by atoms with Gasteiger partial charge in [-0.2, -0.15) is 0 Å². The second-order valence-electron chi connectivity index (χ2n) is 11.8. The molecule has 7 nitrogen and oxygen atoms in total. The number of carbonyl (C=O) groups excluding carboxylic acids is 2. The second kappa shape index (κ2) is 9.19. The number of halogens is 2. The summed E-state index contributed by atoms with van der Waals surface area (Å²) in [6.45, 7) is 10.1. The standard InChI is InChI=1S/C28H34BF2NO6/c1-16(33)36-15-19-20(29-37-26(2,3)27(4,5)38-29)13-28(6,31)14-22(19)32-9-10-35-23-12-18(17-7-8-17)11-21(30)24(23)25(32)34/h11-13,17H,7-10,14-15H2,1-6H3. The first-order valence-electron chi connectivity index (χ1n) is 13.1. The molecule has 1 unspecified atom stereocenters. The molecule has 0 N–H and O–H groups in total. The SMILES string of the molecule is CC(=O)OCC1=C(N2CCOc3cc(C4CC4)cc(F)c3C2=O)CC(C)(F)C=C1B1OC(C)(C)C(C)(C)O1. The van der Waals surface area contributed by atoms with Crippen molar-refractivity contribution in [2.24, 2.45) is 0 Å². The lowest BCUT2D eigenvalue weighted by Gasteiger charge is -2.35. The van der Waals surface area contributed by atoms with E-state index in [9.17, 15) is 9.59 Å². The van der Waals surface area contributed by atoms with Crippen molar-refractivity contribution < 1.29 is 37.2 Å². The van der Waals surface area contributed by atoms with Gasteiger partial charge in [0, 0.05) is 24.6 Å². The monoisotopic (exact) mass is 529 g/mol. The zero-order valence-corrected chi connectivity index (χ0v) is 22.8. The average Bonchev–Trinajstić information content (AvgIpc) is 3.62. The van der Waals surface area contributed by atoms with Gasteiger partial charge >= 0.3 is 13.1 Å². The molecule has 2 aliphatic carbocycles. The number of benzene rings is 1. The fourth-order valence-corrected chi connectivity index (χ4v) is 5.16. The van der Waals surface area contributed by atoms with E-state index in [-0.39, 0.29) is 49.1 Å². The summed E-state index contributed by atoms with van der Waals surface area (Å²) in [4.78, 5) is 27.0. The van der Waals surface area contributed by atoms with Gasteiger partial charge in [0.05, 0.1) is 17.7 Å². The third-order valence-corrected chi connectivity index (χ3v) is 8.08. The fourth-order valence-electron chi connectivity index (χ4n) is 5.16. The molecule has 38 heavy (non-hydrogen) atoms. The van der Waals surface area contributed by atoms with Crippen molar-refractivity contribution in [2.45, 2.75) is 83.6 Å². The van der Waals surface area contributed by atoms with E-state index in [0.717, 1.165) is 18.4 Å². The van der Waals surface area contributed by atoms with Crippen molar-refractivity contribution in [1.29, 1.82) is 0 Å². The molecule has 1 amide bonds. The van der Waals surface area contributed by atoms with Gasteiger partial charge in [0.2, 0.25) is 0 Å². The highest BCUT2D eigenvalue weighted by Gasteiger charge is 2.54. The summed E-state index contributed by atoms with van der Waals surface area (Å²) in [7, 11) is -0.959. The van der Waals surface area contributed by atoms with Crippen LogP contribution in [0.15, 0.2) is 35.0 Å². The average molecular weight is 529 g/mol. The van der Waals surface area contributed by atoms with Crippen LogP contribution in [0.5, 0.6) is 5.75 Å². The smallest absolute Gasteiger partial charge is 0.491 e. The van der Waals surface area contributed by atoms with Crippen molar-refractivity contribution in [1.82, 2.24) is 4.90 Å². The fraction of sp³-hybridized carbons (Fsp3) is 0.571. The summed E-state index contributed by atoms with van der Waals surface area (Å²) >= 11 is 0. The van der Waals surface area contributed by atoms with Gasteiger partial charge < -0.3 is 23.7 Å². The third kappa shape index (κ3) is 4.88. The lowest BCUT2D eigenvalue weighted by Crippen LogP contribution is -2.41. The van der Waals surface area contributed by atoms with Crippen LogP contribution >= 0.6 is 0 Å². The van der Waals surface area contributed by atoms with E-state index in [4.69, 9.17) is 18.8 Å². The maximum Gasteiger partial charge on any atom is 0.495 e. The Balaban J connectivity index is 1.59. The minimum Gasteiger partial charge on any atom is -0.491 e. The molecule has 2 heterocycles. The van der Waals surface area contributed by atoms with Crippen molar-refractivity contribution in [3.8, 4) is 5.75 Å². The number of rotatable bonds is 5. The number of hydrogen-bond donors (Lipinski definition) is 0. The second-order valence-corrected chi connectivity index (χ2v) is 11.8. The Kier molecular flexibility index (Phi) is 6.50. The number of nitrogens with zero attached hydrogens (tertiary/aromatic N) is 1. The lowest BCUT2D eigenvalue weighted by molar-refractivity contribution is -0.139. The van der Waals surface area contributed by atoms with Gasteiger partial charge in [-0.15, -0.1) is 0 Å². The molecule has 4 aliphatic rings. The first-order chi connectivity index (χ1) is 17.7. The molecule has 1 aromatic carbocycles. The molecule has 2 aliphatic heterocycles. The summed E-state index contributed by atoms with van der Waals surface area (Å²) in [5.74, 6) is -1.35. The Hall–Kier alpha value is -2.72. The first-order valence-corrected chi connectivity index (χ1v) is 13.1. The van der Waals surface area contributed by atoms with Crippen LogP contribution in [-0.4, -0.2) is 60.5 Å². The van der Waals surface area contributed by atoms with Crippen LogP contribution in [0, 0.1) is 5.82 Å².